The zero-order valence-corrected chi connectivity index (χ0v) is 9.29. The monoisotopic (exact) mass is 266 g/mol. The standard InChI is InChI=1S/C8H7BrN6/c9-4-6-1-7(5-12-14-10)3-8(2-6)13-15-11/h1-3H,4-5H2. The van der Waals surface area contributed by atoms with E-state index in [0.717, 1.165) is 11.1 Å². The Kier molecular flexibility index (Phi) is 4.50. The van der Waals surface area contributed by atoms with Crippen molar-refractivity contribution in [3.63, 3.8) is 0 Å². The Morgan fingerprint density at radius 3 is 2.47 bits per heavy atom. The van der Waals surface area contributed by atoms with Crippen molar-refractivity contribution in [3.8, 4) is 0 Å². The molecule has 0 heterocycles. The van der Waals surface area contributed by atoms with E-state index in [1.165, 1.54) is 0 Å². The summed E-state index contributed by atoms with van der Waals surface area (Å²) in [6.45, 7) is 0.255. The van der Waals surface area contributed by atoms with Crippen LogP contribution in [0.5, 0.6) is 0 Å². The van der Waals surface area contributed by atoms with Crippen molar-refractivity contribution < 1.29 is 0 Å². The number of hydrogen-bond acceptors (Lipinski definition) is 2. The Morgan fingerprint density at radius 1 is 1.13 bits per heavy atom. The molecule has 1 aromatic rings. The van der Waals surface area contributed by atoms with E-state index >= 15 is 0 Å². The second-order valence-corrected chi connectivity index (χ2v) is 3.28. The van der Waals surface area contributed by atoms with Gasteiger partial charge in [0.15, 0.2) is 0 Å². The highest BCUT2D eigenvalue weighted by molar-refractivity contribution is 9.08. The van der Waals surface area contributed by atoms with Crippen molar-refractivity contribution in [2.45, 2.75) is 11.9 Å². The molecule has 0 amide bonds. The fraction of sp³-hybridized carbons (Fsp3) is 0.250. The van der Waals surface area contributed by atoms with Gasteiger partial charge in [0.05, 0.1) is 6.54 Å². The Bertz CT molecular complexity index is 444. The molecule has 76 valence electrons. The van der Waals surface area contributed by atoms with Gasteiger partial charge in [-0.25, -0.2) is 0 Å². The van der Waals surface area contributed by atoms with Crippen LogP contribution in [0.1, 0.15) is 11.1 Å². The van der Waals surface area contributed by atoms with Gasteiger partial charge >= 0.3 is 0 Å². The van der Waals surface area contributed by atoms with E-state index in [2.05, 4.69) is 36.0 Å². The molecular formula is C8H7BrN6. The van der Waals surface area contributed by atoms with Gasteiger partial charge in [0.2, 0.25) is 0 Å². The van der Waals surface area contributed by atoms with Gasteiger partial charge < -0.3 is 0 Å². The van der Waals surface area contributed by atoms with E-state index in [9.17, 15) is 0 Å². The lowest BCUT2D eigenvalue weighted by molar-refractivity contribution is 1.04. The van der Waals surface area contributed by atoms with Crippen molar-refractivity contribution in [2.24, 2.45) is 10.2 Å². The lowest BCUT2D eigenvalue weighted by Crippen LogP contribution is -1.84. The SMILES string of the molecule is [N-]=[N+]=NCc1cc(CBr)cc(N=[N+]=[N-])c1. The first-order valence-electron chi connectivity index (χ1n) is 4.05. The number of rotatable bonds is 4. The number of alkyl halides is 1. The molecule has 6 nitrogen and oxygen atoms in total. The number of nitrogens with zero attached hydrogens (tertiary/aromatic N) is 6. The van der Waals surface area contributed by atoms with E-state index in [1.54, 1.807) is 12.1 Å². The fourth-order valence-electron chi connectivity index (χ4n) is 1.13. The minimum atomic E-state index is 0.255. The number of benzene rings is 1. The van der Waals surface area contributed by atoms with Crippen LogP contribution in [0.2, 0.25) is 0 Å². The first-order valence-corrected chi connectivity index (χ1v) is 5.17. The molecule has 1 aromatic carbocycles. The van der Waals surface area contributed by atoms with E-state index in [0.29, 0.717) is 11.0 Å². The third-order valence-corrected chi connectivity index (χ3v) is 2.32. The molecule has 1 rings (SSSR count). The molecule has 0 spiro atoms. The minimum absolute atomic E-state index is 0.255. The van der Waals surface area contributed by atoms with Gasteiger partial charge in [-0.2, -0.15) is 0 Å². The Balaban J connectivity index is 3.09. The molecule has 0 aliphatic carbocycles. The Morgan fingerprint density at radius 2 is 1.87 bits per heavy atom. The van der Waals surface area contributed by atoms with Crippen molar-refractivity contribution in [2.75, 3.05) is 0 Å². The number of halogens is 1. The normalized spacial score (nSPS) is 8.87. The zero-order chi connectivity index (χ0) is 11.1. The van der Waals surface area contributed by atoms with Gasteiger partial charge in [-0.15, -0.1) is 0 Å². The Labute approximate surface area is 94.3 Å². The lowest BCUT2D eigenvalue weighted by atomic mass is 10.1. The minimum Gasteiger partial charge on any atom is -0.0893 e. The van der Waals surface area contributed by atoms with Crippen LogP contribution in [0.15, 0.2) is 28.4 Å². The second kappa shape index (κ2) is 5.93. The highest BCUT2D eigenvalue weighted by Gasteiger charge is 1.98. The number of hydrogen-bond donors (Lipinski definition) is 0. The van der Waals surface area contributed by atoms with Crippen molar-refractivity contribution in [1.82, 2.24) is 0 Å². The van der Waals surface area contributed by atoms with Crippen LogP contribution in [0.3, 0.4) is 0 Å². The summed E-state index contributed by atoms with van der Waals surface area (Å²) in [4.78, 5) is 5.38. The smallest absolute Gasteiger partial charge is 0.0511 e. The summed E-state index contributed by atoms with van der Waals surface area (Å²) in [6, 6.07) is 5.36. The van der Waals surface area contributed by atoms with Gasteiger partial charge in [-0.1, -0.05) is 32.2 Å². The summed E-state index contributed by atoms with van der Waals surface area (Å²) < 4.78 is 0. The molecular weight excluding hydrogens is 260 g/mol. The van der Waals surface area contributed by atoms with Gasteiger partial charge in [-0.05, 0) is 34.3 Å². The molecule has 0 fully saturated rings. The summed E-state index contributed by atoms with van der Waals surface area (Å²) in [7, 11) is 0. The van der Waals surface area contributed by atoms with Crippen LogP contribution >= 0.6 is 15.9 Å². The maximum absolute atomic E-state index is 8.31. The average Bonchev–Trinajstić information content (AvgIpc) is 2.26. The molecule has 0 N–H and O–H groups in total. The molecule has 0 aromatic heterocycles. The molecule has 0 bridgehead atoms. The van der Waals surface area contributed by atoms with Crippen molar-refractivity contribution in [3.05, 3.63) is 50.2 Å². The summed E-state index contributed by atoms with van der Waals surface area (Å²) in [6.07, 6.45) is 0. The highest BCUT2D eigenvalue weighted by Crippen LogP contribution is 2.20. The quantitative estimate of drug-likeness (QED) is 0.335. The van der Waals surface area contributed by atoms with Crippen LogP contribution in [-0.4, -0.2) is 0 Å². The summed E-state index contributed by atoms with van der Waals surface area (Å²) in [5.41, 5.74) is 18.8. The molecule has 0 saturated heterocycles. The fourth-order valence-corrected chi connectivity index (χ4v) is 1.46. The van der Waals surface area contributed by atoms with Crippen LogP contribution in [-0.2, 0) is 11.9 Å². The second-order valence-electron chi connectivity index (χ2n) is 2.72. The van der Waals surface area contributed by atoms with Crippen LogP contribution in [0.25, 0.3) is 20.9 Å². The largest absolute Gasteiger partial charge is 0.0893 e. The van der Waals surface area contributed by atoms with Gasteiger partial charge in [-0.3, -0.25) is 0 Å². The topological polar surface area (TPSA) is 97.5 Å². The van der Waals surface area contributed by atoms with Crippen LogP contribution < -0.4 is 0 Å². The maximum atomic E-state index is 8.31. The lowest BCUT2D eigenvalue weighted by Gasteiger charge is -2.02. The zero-order valence-electron chi connectivity index (χ0n) is 7.71. The maximum Gasteiger partial charge on any atom is 0.0511 e. The molecule has 0 aliphatic heterocycles. The summed E-state index contributed by atoms with van der Waals surface area (Å²) in [5.74, 6) is 0. The number of azide groups is 2. The third kappa shape index (κ3) is 3.52. The van der Waals surface area contributed by atoms with Gasteiger partial charge in [0.1, 0.15) is 0 Å². The molecule has 0 saturated carbocycles. The van der Waals surface area contributed by atoms with Crippen LogP contribution in [0, 0.1) is 0 Å². The van der Waals surface area contributed by atoms with Crippen molar-refractivity contribution in [1.29, 1.82) is 0 Å². The summed E-state index contributed by atoms with van der Waals surface area (Å²) in [5, 5.41) is 7.62. The first-order chi connectivity index (χ1) is 7.30. The molecule has 15 heavy (non-hydrogen) atoms. The van der Waals surface area contributed by atoms with E-state index in [1.807, 2.05) is 6.07 Å². The van der Waals surface area contributed by atoms with Crippen LogP contribution in [0.4, 0.5) is 5.69 Å². The molecule has 0 unspecified atom stereocenters. The van der Waals surface area contributed by atoms with Gasteiger partial charge in [0, 0.05) is 20.8 Å². The summed E-state index contributed by atoms with van der Waals surface area (Å²) >= 11 is 3.31. The van der Waals surface area contributed by atoms with Gasteiger partial charge in [0.25, 0.3) is 0 Å². The molecule has 0 aliphatic rings. The average molecular weight is 267 g/mol. The predicted octanol–water partition coefficient (Wildman–Crippen LogP) is 4.33. The Hall–Kier alpha value is -1.68. The van der Waals surface area contributed by atoms with E-state index in [4.69, 9.17) is 11.1 Å². The molecule has 0 atom stereocenters. The van der Waals surface area contributed by atoms with E-state index in [-0.39, 0.29) is 6.54 Å². The molecule has 7 heteroatoms. The third-order valence-electron chi connectivity index (χ3n) is 1.67. The van der Waals surface area contributed by atoms with Crippen molar-refractivity contribution >= 4 is 21.6 Å². The first kappa shape index (κ1) is 11.4. The predicted molar refractivity (Wildman–Crippen MR) is 60.7 cm³/mol. The van der Waals surface area contributed by atoms with E-state index < -0.39 is 0 Å². The highest BCUT2D eigenvalue weighted by atomic mass is 79.9. The molecule has 0 radical (unpaired) electrons.